The van der Waals surface area contributed by atoms with E-state index < -0.39 is 21.9 Å². The molecule has 0 amide bonds. The van der Waals surface area contributed by atoms with Crippen LogP contribution in [0.2, 0.25) is 0 Å². The van der Waals surface area contributed by atoms with E-state index in [-0.39, 0.29) is 17.3 Å². The zero-order chi connectivity index (χ0) is 13.5. The summed E-state index contributed by atoms with van der Waals surface area (Å²) in [6.07, 6.45) is 0. The van der Waals surface area contributed by atoms with Gasteiger partial charge in [0.1, 0.15) is 5.82 Å². The Hall–Kier alpha value is -1.63. The molecule has 2 N–H and O–H groups in total. The molecule has 1 aromatic rings. The highest BCUT2D eigenvalue weighted by Gasteiger charge is 2.32. The molecule has 0 saturated heterocycles. The Morgan fingerprint density at radius 1 is 1.50 bits per heavy atom. The number of sulfonamides is 1. The Morgan fingerprint density at radius 3 is 2.72 bits per heavy atom. The van der Waals surface area contributed by atoms with Crippen molar-refractivity contribution < 1.29 is 12.8 Å². The summed E-state index contributed by atoms with van der Waals surface area (Å²) >= 11 is 0. The topological polar surface area (TPSA) is 75.8 Å². The van der Waals surface area contributed by atoms with Crippen molar-refractivity contribution in [3.05, 3.63) is 35.1 Å². The van der Waals surface area contributed by atoms with E-state index in [1.54, 1.807) is 19.1 Å². The van der Waals surface area contributed by atoms with Crippen LogP contribution in [0.5, 0.6) is 0 Å². The monoisotopic (exact) mass is 271 g/mol. The number of benzene rings is 1. The van der Waals surface area contributed by atoms with Crippen LogP contribution in [-0.4, -0.2) is 31.5 Å². The second-order valence-corrected chi connectivity index (χ2v) is 6.32. The highest BCUT2D eigenvalue weighted by molar-refractivity contribution is 7.89. The van der Waals surface area contributed by atoms with Gasteiger partial charge in [0.15, 0.2) is 0 Å². The maximum absolute atomic E-state index is 13.8. The van der Waals surface area contributed by atoms with Crippen LogP contribution in [0.15, 0.2) is 23.2 Å². The van der Waals surface area contributed by atoms with Gasteiger partial charge in [-0.1, -0.05) is 12.1 Å². The number of hydrogen-bond acceptors (Lipinski definition) is 4. The Kier molecular flexibility index (Phi) is 3.02. The van der Waals surface area contributed by atoms with Crippen LogP contribution in [-0.2, 0) is 10.0 Å². The second-order valence-electron chi connectivity index (χ2n) is 4.27. The molecule has 1 aromatic carbocycles. The standard InChI is InChI=1S/C11H14FN3O2S/c1-7-3-4-8(9(12)5-7)10-6-18(16,17)15(2)11(13)14-10/h3-5,10H,6H2,1-2H3,(H2,13,14)/t10-/m0/s1. The molecule has 1 aliphatic heterocycles. The molecule has 2 rings (SSSR count). The van der Waals surface area contributed by atoms with Crippen molar-refractivity contribution in [1.29, 1.82) is 0 Å². The molecule has 0 aromatic heterocycles. The minimum Gasteiger partial charge on any atom is -0.369 e. The molecule has 0 saturated carbocycles. The smallest absolute Gasteiger partial charge is 0.239 e. The average Bonchev–Trinajstić information content (AvgIpc) is 2.25. The van der Waals surface area contributed by atoms with Gasteiger partial charge in [-0.3, -0.25) is 0 Å². The molecular weight excluding hydrogens is 257 g/mol. The van der Waals surface area contributed by atoms with Crippen LogP contribution >= 0.6 is 0 Å². The summed E-state index contributed by atoms with van der Waals surface area (Å²) in [6.45, 7) is 1.76. The predicted molar refractivity (Wildman–Crippen MR) is 67.1 cm³/mol. The molecule has 0 spiro atoms. The summed E-state index contributed by atoms with van der Waals surface area (Å²) in [5.41, 5.74) is 6.55. The van der Waals surface area contributed by atoms with Crippen molar-refractivity contribution in [1.82, 2.24) is 4.31 Å². The molecule has 5 nitrogen and oxygen atoms in total. The minimum atomic E-state index is -3.52. The Balaban J connectivity index is 2.47. The molecule has 7 heteroatoms. The first-order valence-electron chi connectivity index (χ1n) is 5.37. The molecule has 0 fully saturated rings. The van der Waals surface area contributed by atoms with Crippen molar-refractivity contribution in [2.75, 3.05) is 12.8 Å². The molecular formula is C11H14FN3O2S. The molecule has 18 heavy (non-hydrogen) atoms. The van der Waals surface area contributed by atoms with E-state index in [4.69, 9.17) is 5.73 Å². The van der Waals surface area contributed by atoms with Gasteiger partial charge in [-0.15, -0.1) is 0 Å². The van der Waals surface area contributed by atoms with Crippen molar-refractivity contribution >= 4 is 16.0 Å². The minimum absolute atomic E-state index is 0.119. The maximum Gasteiger partial charge on any atom is 0.239 e. The number of aliphatic imine (C=N–C) groups is 1. The normalized spacial score (nSPS) is 22.7. The second kappa shape index (κ2) is 4.24. The average molecular weight is 271 g/mol. The van der Waals surface area contributed by atoms with Crippen molar-refractivity contribution in [3.8, 4) is 0 Å². The molecule has 98 valence electrons. The van der Waals surface area contributed by atoms with Crippen LogP contribution < -0.4 is 5.73 Å². The van der Waals surface area contributed by atoms with E-state index in [1.165, 1.54) is 13.1 Å². The predicted octanol–water partition coefficient (Wildman–Crippen LogP) is 0.765. The van der Waals surface area contributed by atoms with Gasteiger partial charge in [0.05, 0.1) is 11.8 Å². The number of nitrogens with two attached hydrogens (primary N) is 1. The first-order valence-corrected chi connectivity index (χ1v) is 6.98. The number of nitrogens with zero attached hydrogens (tertiary/aromatic N) is 2. The fraction of sp³-hybridized carbons (Fsp3) is 0.364. The SMILES string of the molecule is Cc1ccc([C@@H]2CS(=O)(=O)N(C)C(N)=N2)c(F)c1. The van der Waals surface area contributed by atoms with Gasteiger partial charge in [-0.2, -0.15) is 0 Å². The van der Waals surface area contributed by atoms with Crippen molar-refractivity contribution in [2.24, 2.45) is 10.7 Å². The van der Waals surface area contributed by atoms with Gasteiger partial charge in [0, 0.05) is 12.6 Å². The summed E-state index contributed by atoms with van der Waals surface area (Å²) < 4.78 is 38.3. The summed E-state index contributed by atoms with van der Waals surface area (Å²) in [5, 5.41) is 0. The van der Waals surface area contributed by atoms with E-state index in [9.17, 15) is 12.8 Å². The lowest BCUT2D eigenvalue weighted by molar-refractivity contribution is 0.525. The van der Waals surface area contributed by atoms with Crippen LogP contribution in [0, 0.1) is 12.7 Å². The van der Waals surface area contributed by atoms with Crippen molar-refractivity contribution in [2.45, 2.75) is 13.0 Å². The molecule has 1 aliphatic rings. The van der Waals surface area contributed by atoms with Gasteiger partial charge < -0.3 is 5.73 Å². The molecule has 1 atom stereocenters. The molecule has 0 aliphatic carbocycles. The number of hydrogen-bond donors (Lipinski definition) is 1. The van der Waals surface area contributed by atoms with E-state index in [0.717, 1.165) is 9.87 Å². The number of guanidine groups is 1. The van der Waals surface area contributed by atoms with E-state index >= 15 is 0 Å². The third-order valence-corrected chi connectivity index (χ3v) is 4.67. The molecule has 0 bridgehead atoms. The van der Waals surface area contributed by atoms with E-state index in [1.807, 2.05) is 0 Å². The highest BCUT2D eigenvalue weighted by Crippen LogP contribution is 2.27. The van der Waals surface area contributed by atoms with Crippen LogP contribution in [0.4, 0.5) is 4.39 Å². The van der Waals surface area contributed by atoms with Gasteiger partial charge in [0.2, 0.25) is 16.0 Å². The lowest BCUT2D eigenvalue weighted by Crippen LogP contribution is -2.45. The summed E-state index contributed by atoms with van der Waals surface area (Å²) in [7, 11) is -2.19. The fourth-order valence-corrected chi connectivity index (χ4v) is 3.00. The Morgan fingerprint density at radius 2 is 2.17 bits per heavy atom. The fourth-order valence-electron chi connectivity index (χ4n) is 1.79. The van der Waals surface area contributed by atoms with Crippen LogP contribution in [0.25, 0.3) is 0 Å². The van der Waals surface area contributed by atoms with Crippen molar-refractivity contribution in [3.63, 3.8) is 0 Å². The quantitative estimate of drug-likeness (QED) is 0.819. The first kappa shape index (κ1) is 12.8. The van der Waals surface area contributed by atoms with Gasteiger partial charge in [-0.05, 0) is 18.6 Å². The first-order chi connectivity index (χ1) is 8.31. The number of rotatable bonds is 1. The maximum atomic E-state index is 13.8. The Bertz CT molecular complexity index is 613. The summed E-state index contributed by atoms with van der Waals surface area (Å²) in [6, 6.07) is 3.83. The molecule has 0 unspecified atom stereocenters. The van der Waals surface area contributed by atoms with Crippen LogP contribution in [0.1, 0.15) is 17.2 Å². The zero-order valence-electron chi connectivity index (χ0n) is 10.1. The van der Waals surface area contributed by atoms with Crippen LogP contribution in [0.3, 0.4) is 0 Å². The lowest BCUT2D eigenvalue weighted by atomic mass is 10.1. The highest BCUT2D eigenvalue weighted by atomic mass is 32.2. The third-order valence-electron chi connectivity index (χ3n) is 2.91. The van der Waals surface area contributed by atoms with Gasteiger partial charge in [-0.25, -0.2) is 22.1 Å². The van der Waals surface area contributed by atoms with E-state index in [0.29, 0.717) is 0 Å². The largest absolute Gasteiger partial charge is 0.369 e. The summed E-state index contributed by atoms with van der Waals surface area (Å²) in [5.74, 6) is -0.855. The van der Waals surface area contributed by atoms with Gasteiger partial charge >= 0.3 is 0 Å². The third kappa shape index (κ3) is 2.17. The van der Waals surface area contributed by atoms with Gasteiger partial charge in [0.25, 0.3) is 0 Å². The Labute approximate surface area is 105 Å². The lowest BCUT2D eigenvalue weighted by Gasteiger charge is -2.27. The summed E-state index contributed by atoms with van der Waals surface area (Å²) in [4.78, 5) is 4.02. The molecule has 1 heterocycles. The number of aryl methyl sites for hydroxylation is 1. The number of halogens is 1. The molecule has 0 radical (unpaired) electrons. The van der Waals surface area contributed by atoms with E-state index in [2.05, 4.69) is 4.99 Å². The zero-order valence-corrected chi connectivity index (χ0v) is 10.9.